The van der Waals surface area contributed by atoms with Gasteiger partial charge in [0.25, 0.3) is 0 Å². The lowest BCUT2D eigenvalue weighted by Gasteiger charge is -2.44. The monoisotopic (exact) mass is 146 g/mol. The lowest BCUT2D eigenvalue weighted by molar-refractivity contribution is -0.167. The summed E-state index contributed by atoms with van der Waals surface area (Å²) in [5, 5.41) is 8.35. The first-order valence-corrected chi connectivity index (χ1v) is 3.28. The van der Waals surface area contributed by atoms with Crippen molar-refractivity contribution >= 4 is 5.97 Å². The van der Waals surface area contributed by atoms with Crippen molar-refractivity contribution in [1.82, 2.24) is 0 Å². The number of hydrogen-bond acceptors (Lipinski definition) is 1. The van der Waals surface area contributed by atoms with Gasteiger partial charge in [0.1, 0.15) is 0 Å². The summed E-state index contributed by atoms with van der Waals surface area (Å²) >= 11 is 0. The van der Waals surface area contributed by atoms with Crippen LogP contribution >= 0.6 is 0 Å². The second-order valence-corrected chi connectivity index (χ2v) is 3.79. The van der Waals surface area contributed by atoms with E-state index in [4.69, 9.17) is 5.11 Å². The van der Waals surface area contributed by atoms with Gasteiger partial charge in [0.15, 0.2) is 0 Å². The van der Waals surface area contributed by atoms with Gasteiger partial charge in [-0.15, -0.1) is 0 Å². The first kappa shape index (κ1) is 7.51. The first-order valence-electron chi connectivity index (χ1n) is 3.28. The Morgan fingerprint density at radius 3 is 2.00 bits per heavy atom. The van der Waals surface area contributed by atoms with Crippen LogP contribution in [0.5, 0.6) is 0 Å². The van der Waals surface area contributed by atoms with Crippen LogP contribution in [0, 0.1) is 5.41 Å². The molecule has 0 saturated heterocycles. The van der Waals surface area contributed by atoms with Crippen molar-refractivity contribution in [2.45, 2.75) is 32.4 Å². The van der Waals surface area contributed by atoms with Crippen LogP contribution in [0.15, 0.2) is 0 Å². The van der Waals surface area contributed by atoms with Crippen molar-refractivity contribution in [3.05, 3.63) is 0 Å². The number of carboxylic acid groups (broad SMARTS) is 1. The molecule has 0 aromatic carbocycles. The maximum Gasteiger partial charge on any atom is 0.341 e. The van der Waals surface area contributed by atoms with Gasteiger partial charge in [0, 0.05) is 0 Å². The van der Waals surface area contributed by atoms with Crippen molar-refractivity contribution < 1.29 is 14.3 Å². The fourth-order valence-electron chi connectivity index (χ4n) is 1.62. The first-order chi connectivity index (χ1) is 4.36. The molecule has 1 saturated carbocycles. The summed E-state index contributed by atoms with van der Waals surface area (Å²) < 4.78 is 12.9. The Hall–Kier alpha value is -0.600. The highest BCUT2D eigenvalue weighted by molar-refractivity contribution is 5.78. The molecule has 1 N–H and O–H groups in total. The molecule has 1 rings (SSSR count). The summed E-state index contributed by atoms with van der Waals surface area (Å²) in [4.78, 5) is 10.2. The lowest BCUT2D eigenvalue weighted by Crippen LogP contribution is -2.51. The van der Waals surface area contributed by atoms with Gasteiger partial charge in [-0.1, -0.05) is 13.8 Å². The van der Waals surface area contributed by atoms with Crippen molar-refractivity contribution in [2.24, 2.45) is 5.41 Å². The molecule has 1 aliphatic carbocycles. The molecule has 58 valence electrons. The highest BCUT2D eigenvalue weighted by Gasteiger charge is 2.55. The number of carboxylic acids is 1. The van der Waals surface area contributed by atoms with Gasteiger partial charge in [0.05, 0.1) is 0 Å². The largest absolute Gasteiger partial charge is 0.479 e. The minimum Gasteiger partial charge on any atom is -0.479 e. The molecule has 0 unspecified atom stereocenters. The van der Waals surface area contributed by atoms with Crippen LogP contribution in [0.3, 0.4) is 0 Å². The minimum absolute atomic E-state index is 0.118. The molecule has 0 spiro atoms. The van der Waals surface area contributed by atoms with Crippen LogP contribution in [0.25, 0.3) is 0 Å². The van der Waals surface area contributed by atoms with Gasteiger partial charge in [0.2, 0.25) is 5.67 Å². The number of carbonyl (C=O) groups is 1. The molecule has 0 aliphatic heterocycles. The number of alkyl halides is 1. The second-order valence-electron chi connectivity index (χ2n) is 3.79. The number of halogens is 1. The van der Waals surface area contributed by atoms with Crippen LogP contribution in [-0.2, 0) is 4.79 Å². The predicted molar refractivity (Wildman–Crippen MR) is 34.5 cm³/mol. The van der Waals surface area contributed by atoms with Crippen molar-refractivity contribution in [1.29, 1.82) is 0 Å². The fraction of sp³-hybridized carbons (Fsp3) is 0.857. The van der Waals surface area contributed by atoms with Crippen LogP contribution in [0.2, 0.25) is 0 Å². The van der Waals surface area contributed by atoms with E-state index < -0.39 is 11.6 Å². The minimum atomic E-state index is -1.93. The standard InChI is InChI=1S/C7H11FO2/c1-6(2)3-7(8,4-6)5(9)10/h3-4H2,1-2H3,(H,9,10). The fourth-order valence-corrected chi connectivity index (χ4v) is 1.62. The Morgan fingerprint density at radius 1 is 1.50 bits per heavy atom. The zero-order valence-electron chi connectivity index (χ0n) is 6.15. The van der Waals surface area contributed by atoms with E-state index in [-0.39, 0.29) is 18.3 Å². The van der Waals surface area contributed by atoms with Crippen LogP contribution in [-0.4, -0.2) is 16.7 Å². The van der Waals surface area contributed by atoms with E-state index in [1.807, 2.05) is 13.8 Å². The molecule has 10 heavy (non-hydrogen) atoms. The quantitative estimate of drug-likeness (QED) is 0.610. The second kappa shape index (κ2) is 1.71. The molecule has 0 aromatic heterocycles. The van der Waals surface area contributed by atoms with E-state index in [0.29, 0.717) is 0 Å². The Bertz CT molecular complexity index is 166. The van der Waals surface area contributed by atoms with E-state index in [0.717, 1.165) is 0 Å². The van der Waals surface area contributed by atoms with Gasteiger partial charge in [-0.3, -0.25) is 0 Å². The van der Waals surface area contributed by atoms with Gasteiger partial charge in [-0.2, -0.15) is 0 Å². The molecule has 1 fully saturated rings. The third-order valence-corrected chi connectivity index (χ3v) is 1.90. The maximum atomic E-state index is 12.9. The summed E-state index contributed by atoms with van der Waals surface area (Å²) in [6, 6.07) is 0. The summed E-state index contributed by atoms with van der Waals surface area (Å²) in [5.41, 5.74) is -2.04. The summed E-state index contributed by atoms with van der Waals surface area (Å²) in [7, 11) is 0. The van der Waals surface area contributed by atoms with E-state index in [1.165, 1.54) is 0 Å². The number of hydrogen-bond donors (Lipinski definition) is 1. The van der Waals surface area contributed by atoms with Gasteiger partial charge >= 0.3 is 5.97 Å². The zero-order chi connectivity index (χ0) is 7.99. The summed E-state index contributed by atoms with van der Waals surface area (Å²) in [6.45, 7) is 3.74. The van der Waals surface area contributed by atoms with Crippen molar-refractivity contribution in [2.75, 3.05) is 0 Å². The normalized spacial score (nSPS) is 27.1. The van der Waals surface area contributed by atoms with E-state index in [2.05, 4.69) is 0 Å². The molecule has 1 aliphatic rings. The van der Waals surface area contributed by atoms with Crippen molar-refractivity contribution in [3.63, 3.8) is 0 Å². The summed E-state index contributed by atoms with van der Waals surface area (Å²) in [5.74, 6) is -1.31. The van der Waals surface area contributed by atoms with Gasteiger partial charge in [-0.25, -0.2) is 9.18 Å². The molecule has 0 aromatic rings. The topological polar surface area (TPSA) is 37.3 Å². The average Bonchev–Trinajstić information content (AvgIpc) is 1.59. The van der Waals surface area contributed by atoms with Crippen LogP contribution < -0.4 is 0 Å². The van der Waals surface area contributed by atoms with Crippen molar-refractivity contribution in [3.8, 4) is 0 Å². The lowest BCUT2D eigenvalue weighted by atomic mass is 9.62. The number of rotatable bonds is 1. The highest BCUT2D eigenvalue weighted by atomic mass is 19.1. The molecule has 0 amide bonds. The van der Waals surface area contributed by atoms with E-state index >= 15 is 0 Å². The molecular formula is C7H11FO2. The van der Waals surface area contributed by atoms with E-state index in [9.17, 15) is 9.18 Å². The smallest absolute Gasteiger partial charge is 0.341 e. The zero-order valence-corrected chi connectivity index (χ0v) is 6.15. The Kier molecular flexibility index (Phi) is 1.28. The Morgan fingerprint density at radius 2 is 1.90 bits per heavy atom. The molecular weight excluding hydrogens is 135 g/mol. The van der Waals surface area contributed by atoms with Gasteiger partial charge < -0.3 is 5.11 Å². The van der Waals surface area contributed by atoms with Gasteiger partial charge in [-0.05, 0) is 18.3 Å². The molecule has 0 heterocycles. The highest BCUT2D eigenvalue weighted by Crippen LogP contribution is 2.50. The molecule has 0 bridgehead atoms. The third-order valence-electron chi connectivity index (χ3n) is 1.90. The Labute approximate surface area is 59.0 Å². The molecule has 0 atom stereocenters. The Balaban J connectivity index is 2.58. The average molecular weight is 146 g/mol. The maximum absolute atomic E-state index is 12.9. The predicted octanol–water partition coefficient (Wildman–Crippen LogP) is 1.60. The van der Waals surface area contributed by atoms with E-state index in [1.54, 1.807) is 0 Å². The molecule has 3 heteroatoms. The number of aliphatic carboxylic acids is 1. The van der Waals surface area contributed by atoms with Crippen LogP contribution in [0.1, 0.15) is 26.7 Å². The summed E-state index contributed by atoms with van der Waals surface area (Å²) in [6.07, 6.45) is 0.296. The molecule has 0 radical (unpaired) electrons. The third kappa shape index (κ3) is 1.00. The van der Waals surface area contributed by atoms with Crippen LogP contribution in [0.4, 0.5) is 4.39 Å². The SMILES string of the molecule is CC1(C)CC(F)(C(=O)O)C1. The molecule has 2 nitrogen and oxygen atoms in total.